The lowest BCUT2D eigenvalue weighted by atomic mass is 10.1. The molecule has 3 aromatic rings. The molecule has 1 aliphatic rings. The van der Waals surface area contributed by atoms with E-state index in [4.69, 9.17) is 21.1 Å². The SMILES string of the molecule is CCC(C(=O)NC1CCCC1)N(Cc1ccccc1Cl)C(=O)CN(c1ccc(OC)c(OC)c1)S(=O)(=O)c1ccc(C)cc1. The summed E-state index contributed by atoms with van der Waals surface area (Å²) in [5.41, 5.74) is 1.74. The molecule has 2 amide bonds. The van der Waals surface area contributed by atoms with E-state index in [1.54, 1.807) is 48.5 Å². The Kier molecular flexibility index (Phi) is 11.2. The Morgan fingerprint density at radius 2 is 1.64 bits per heavy atom. The Labute approximate surface area is 265 Å². The van der Waals surface area contributed by atoms with Crippen molar-refractivity contribution in [3.8, 4) is 11.5 Å². The number of carbonyl (C=O) groups excluding carboxylic acids is 2. The summed E-state index contributed by atoms with van der Waals surface area (Å²) in [5.74, 6) is -0.107. The van der Waals surface area contributed by atoms with Gasteiger partial charge in [0.05, 0.1) is 24.8 Å². The number of anilines is 1. The molecule has 44 heavy (non-hydrogen) atoms. The van der Waals surface area contributed by atoms with Crippen LogP contribution in [0.4, 0.5) is 5.69 Å². The van der Waals surface area contributed by atoms with Crippen LogP contribution in [0.25, 0.3) is 0 Å². The largest absolute Gasteiger partial charge is 0.493 e. The average molecular weight is 642 g/mol. The van der Waals surface area contributed by atoms with Gasteiger partial charge in [-0.25, -0.2) is 8.42 Å². The molecule has 0 heterocycles. The molecule has 1 saturated carbocycles. The highest BCUT2D eigenvalue weighted by Crippen LogP contribution is 2.34. The molecule has 236 valence electrons. The Morgan fingerprint density at radius 3 is 2.25 bits per heavy atom. The first-order valence-electron chi connectivity index (χ1n) is 14.7. The van der Waals surface area contributed by atoms with Crippen molar-refractivity contribution in [2.75, 3.05) is 25.1 Å². The summed E-state index contributed by atoms with van der Waals surface area (Å²) in [7, 11) is -1.30. The van der Waals surface area contributed by atoms with E-state index in [9.17, 15) is 18.0 Å². The van der Waals surface area contributed by atoms with Crippen molar-refractivity contribution in [1.29, 1.82) is 0 Å². The van der Waals surface area contributed by atoms with Crippen molar-refractivity contribution in [3.05, 3.63) is 82.9 Å². The van der Waals surface area contributed by atoms with Crippen LogP contribution < -0.4 is 19.1 Å². The van der Waals surface area contributed by atoms with E-state index in [1.165, 1.54) is 37.3 Å². The van der Waals surface area contributed by atoms with E-state index in [0.29, 0.717) is 28.5 Å². The molecule has 11 heteroatoms. The molecule has 1 N–H and O–H groups in total. The van der Waals surface area contributed by atoms with Crippen molar-refractivity contribution in [3.63, 3.8) is 0 Å². The van der Waals surface area contributed by atoms with Gasteiger partial charge in [-0.3, -0.25) is 13.9 Å². The Morgan fingerprint density at radius 1 is 0.977 bits per heavy atom. The van der Waals surface area contributed by atoms with E-state index >= 15 is 0 Å². The second-order valence-corrected chi connectivity index (χ2v) is 13.2. The van der Waals surface area contributed by atoms with Gasteiger partial charge in [0.25, 0.3) is 10.0 Å². The fraction of sp³-hybridized carbons (Fsp3) is 0.394. The normalized spacial score (nSPS) is 14.1. The lowest BCUT2D eigenvalue weighted by Crippen LogP contribution is -2.53. The summed E-state index contributed by atoms with van der Waals surface area (Å²) in [5, 5.41) is 3.56. The number of halogens is 1. The van der Waals surface area contributed by atoms with Gasteiger partial charge in [0, 0.05) is 23.7 Å². The summed E-state index contributed by atoms with van der Waals surface area (Å²) in [6, 6.07) is 17.4. The van der Waals surface area contributed by atoms with E-state index in [-0.39, 0.29) is 29.1 Å². The number of amides is 2. The molecule has 1 fully saturated rings. The minimum Gasteiger partial charge on any atom is -0.493 e. The second-order valence-electron chi connectivity index (χ2n) is 10.9. The molecule has 0 spiro atoms. The number of methoxy groups -OCH3 is 2. The van der Waals surface area contributed by atoms with Gasteiger partial charge in [0.2, 0.25) is 11.8 Å². The minimum absolute atomic E-state index is 0.0226. The standard InChI is InChI=1S/C33H40ClN3O6S/c1-5-29(33(39)35-25-11-7-8-12-25)36(21-24-10-6-9-13-28(24)34)32(38)22-37(26-16-19-30(42-3)31(20-26)43-4)44(40,41)27-17-14-23(2)15-18-27/h6,9-10,13-20,25,29H,5,7-8,11-12,21-22H2,1-4H3,(H,35,39). The maximum Gasteiger partial charge on any atom is 0.264 e. The highest BCUT2D eigenvalue weighted by atomic mass is 35.5. The van der Waals surface area contributed by atoms with Gasteiger partial charge in [0.15, 0.2) is 11.5 Å². The molecule has 0 aromatic heterocycles. The number of nitrogens with zero attached hydrogens (tertiary/aromatic N) is 2. The quantitative estimate of drug-likeness (QED) is 0.256. The molecule has 1 atom stereocenters. The average Bonchev–Trinajstić information content (AvgIpc) is 3.53. The molecule has 9 nitrogen and oxygen atoms in total. The monoisotopic (exact) mass is 641 g/mol. The first kappa shape index (κ1) is 33.1. The highest BCUT2D eigenvalue weighted by Gasteiger charge is 2.35. The number of carbonyl (C=O) groups is 2. The third kappa shape index (κ3) is 7.65. The van der Waals surface area contributed by atoms with Gasteiger partial charge in [-0.2, -0.15) is 0 Å². The number of hydrogen-bond acceptors (Lipinski definition) is 6. The lowest BCUT2D eigenvalue weighted by molar-refractivity contribution is -0.140. The van der Waals surface area contributed by atoms with Gasteiger partial charge < -0.3 is 19.7 Å². The second kappa shape index (κ2) is 14.8. The number of rotatable bonds is 13. The topological polar surface area (TPSA) is 105 Å². The maximum atomic E-state index is 14.3. The first-order chi connectivity index (χ1) is 21.1. The van der Waals surface area contributed by atoms with Gasteiger partial charge in [0.1, 0.15) is 12.6 Å². The molecule has 0 saturated heterocycles. The van der Waals surface area contributed by atoms with Crippen LogP contribution in [0.1, 0.15) is 50.2 Å². The van der Waals surface area contributed by atoms with Crippen molar-refractivity contribution >= 4 is 39.1 Å². The third-order valence-electron chi connectivity index (χ3n) is 7.93. The van der Waals surface area contributed by atoms with E-state index < -0.39 is 28.5 Å². The zero-order valence-electron chi connectivity index (χ0n) is 25.6. The Balaban J connectivity index is 1.76. The Bertz CT molecular complexity index is 1560. The van der Waals surface area contributed by atoms with Gasteiger partial charge in [-0.05, 0) is 62.1 Å². The first-order valence-corrected chi connectivity index (χ1v) is 16.6. The molecule has 1 aliphatic carbocycles. The van der Waals surface area contributed by atoms with E-state index in [2.05, 4.69) is 5.32 Å². The zero-order valence-corrected chi connectivity index (χ0v) is 27.2. The summed E-state index contributed by atoms with van der Waals surface area (Å²) in [6.07, 6.45) is 4.20. The number of nitrogens with one attached hydrogen (secondary N) is 1. The third-order valence-corrected chi connectivity index (χ3v) is 10.1. The van der Waals surface area contributed by atoms with Crippen LogP contribution in [-0.2, 0) is 26.2 Å². The summed E-state index contributed by atoms with van der Waals surface area (Å²) >= 11 is 6.50. The summed E-state index contributed by atoms with van der Waals surface area (Å²) < 4.78 is 40.2. The van der Waals surface area contributed by atoms with Crippen molar-refractivity contribution in [2.45, 2.75) is 69.5 Å². The number of aryl methyl sites for hydroxylation is 1. The van der Waals surface area contributed by atoms with Crippen molar-refractivity contribution in [2.24, 2.45) is 0 Å². The molecular weight excluding hydrogens is 602 g/mol. The fourth-order valence-electron chi connectivity index (χ4n) is 5.44. The smallest absolute Gasteiger partial charge is 0.264 e. The minimum atomic E-state index is -4.23. The van der Waals surface area contributed by atoms with Crippen LogP contribution in [0.3, 0.4) is 0 Å². The predicted octanol–water partition coefficient (Wildman–Crippen LogP) is 5.73. The number of benzene rings is 3. The molecule has 3 aromatic carbocycles. The van der Waals surface area contributed by atoms with Gasteiger partial charge in [-0.1, -0.05) is 67.3 Å². The number of ether oxygens (including phenoxy) is 2. The molecule has 0 bridgehead atoms. The summed E-state index contributed by atoms with van der Waals surface area (Å²) in [4.78, 5) is 29.4. The fourth-order valence-corrected chi connectivity index (χ4v) is 7.04. The zero-order chi connectivity index (χ0) is 31.9. The molecular formula is C33H40ClN3O6S. The van der Waals surface area contributed by atoms with Crippen LogP contribution >= 0.6 is 11.6 Å². The molecule has 0 aliphatic heterocycles. The van der Waals surface area contributed by atoms with Crippen LogP contribution in [0.2, 0.25) is 5.02 Å². The van der Waals surface area contributed by atoms with E-state index in [1.807, 2.05) is 13.8 Å². The van der Waals surface area contributed by atoms with Crippen LogP contribution in [0, 0.1) is 6.92 Å². The highest BCUT2D eigenvalue weighted by molar-refractivity contribution is 7.92. The Hall–Kier alpha value is -3.76. The number of hydrogen-bond donors (Lipinski definition) is 1. The van der Waals surface area contributed by atoms with Gasteiger partial charge in [-0.15, -0.1) is 0 Å². The van der Waals surface area contributed by atoms with Gasteiger partial charge >= 0.3 is 0 Å². The summed E-state index contributed by atoms with van der Waals surface area (Å²) in [6.45, 7) is 3.16. The van der Waals surface area contributed by atoms with E-state index in [0.717, 1.165) is 35.6 Å². The van der Waals surface area contributed by atoms with Crippen molar-refractivity contribution < 1.29 is 27.5 Å². The van der Waals surface area contributed by atoms with Crippen LogP contribution in [0.15, 0.2) is 71.6 Å². The molecule has 0 radical (unpaired) electrons. The molecule has 4 rings (SSSR count). The predicted molar refractivity (Wildman–Crippen MR) is 172 cm³/mol. The number of sulfonamides is 1. The lowest BCUT2D eigenvalue weighted by Gasteiger charge is -2.34. The van der Waals surface area contributed by atoms with Crippen LogP contribution in [-0.4, -0.2) is 58.0 Å². The van der Waals surface area contributed by atoms with Crippen LogP contribution in [0.5, 0.6) is 11.5 Å². The van der Waals surface area contributed by atoms with Crippen molar-refractivity contribution in [1.82, 2.24) is 10.2 Å². The maximum absolute atomic E-state index is 14.3. The molecule has 1 unspecified atom stereocenters.